The molecule has 5 heteroatoms. The van der Waals surface area contributed by atoms with E-state index in [9.17, 15) is 0 Å². The molecule has 112 valence electrons. The zero-order valence-corrected chi connectivity index (χ0v) is 13.1. The van der Waals surface area contributed by atoms with Crippen LogP contribution >= 0.6 is 11.6 Å². The number of nitrogens with one attached hydrogen (secondary N) is 1. The fourth-order valence-electron chi connectivity index (χ4n) is 2.08. The fraction of sp³-hybridized carbons (Fsp3) is 0.312. The quantitative estimate of drug-likeness (QED) is 0.885. The Hall–Kier alpha value is -1.78. The van der Waals surface area contributed by atoms with Gasteiger partial charge in [0.1, 0.15) is 0 Å². The minimum absolute atomic E-state index is 0.183. The number of halogens is 1. The van der Waals surface area contributed by atoms with Crippen molar-refractivity contribution < 1.29 is 9.47 Å². The molecule has 0 aliphatic rings. The standard InChI is InChI=1S/C16H19ClN2O2/c1-11(12-5-4-8-18-9-12)19-10-13-6-7-14(20-2)16(21-3)15(13)17/h4-9,11,19H,10H2,1-3H3/t11-/m0/s1. The van der Waals surface area contributed by atoms with Gasteiger partial charge in [0.15, 0.2) is 11.5 Å². The van der Waals surface area contributed by atoms with Gasteiger partial charge in [0.25, 0.3) is 0 Å². The highest BCUT2D eigenvalue weighted by Gasteiger charge is 2.14. The molecule has 1 heterocycles. The Labute approximate surface area is 130 Å². The lowest BCUT2D eigenvalue weighted by Crippen LogP contribution is -2.18. The van der Waals surface area contributed by atoms with Crippen molar-refractivity contribution in [3.8, 4) is 11.5 Å². The van der Waals surface area contributed by atoms with Crippen molar-refractivity contribution in [3.05, 3.63) is 52.8 Å². The van der Waals surface area contributed by atoms with Crippen molar-refractivity contribution in [1.82, 2.24) is 10.3 Å². The van der Waals surface area contributed by atoms with Crippen molar-refractivity contribution in [3.63, 3.8) is 0 Å². The third-order valence-corrected chi connectivity index (χ3v) is 3.76. The third kappa shape index (κ3) is 3.65. The Morgan fingerprint density at radius 2 is 2.05 bits per heavy atom. The molecule has 1 N–H and O–H groups in total. The van der Waals surface area contributed by atoms with E-state index in [0.717, 1.165) is 11.1 Å². The lowest BCUT2D eigenvalue weighted by atomic mass is 10.1. The molecule has 0 amide bonds. The Balaban J connectivity index is 2.10. The van der Waals surface area contributed by atoms with E-state index >= 15 is 0 Å². The number of aromatic nitrogens is 1. The molecule has 0 unspecified atom stereocenters. The molecular weight excluding hydrogens is 288 g/mol. The van der Waals surface area contributed by atoms with E-state index in [1.807, 2.05) is 30.5 Å². The highest BCUT2D eigenvalue weighted by atomic mass is 35.5. The molecule has 1 aromatic carbocycles. The molecule has 2 aromatic rings. The van der Waals surface area contributed by atoms with Crippen molar-refractivity contribution in [2.45, 2.75) is 19.5 Å². The topological polar surface area (TPSA) is 43.4 Å². The molecule has 0 saturated heterocycles. The van der Waals surface area contributed by atoms with E-state index in [1.54, 1.807) is 20.4 Å². The van der Waals surface area contributed by atoms with E-state index < -0.39 is 0 Å². The van der Waals surface area contributed by atoms with Gasteiger partial charge in [-0.25, -0.2) is 0 Å². The van der Waals surface area contributed by atoms with Crippen molar-refractivity contribution in [2.75, 3.05) is 14.2 Å². The first-order chi connectivity index (χ1) is 10.2. The van der Waals surface area contributed by atoms with Crippen molar-refractivity contribution in [1.29, 1.82) is 0 Å². The molecule has 2 rings (SSSR count). The number of hydrogen-bond acceptors (Lipinski definition) is 4. The maximum atomic E-state index is 6.36. The summed E-state index contributed by atoms with van der Waals surface area (Å²) in [4.78, 5) is 4.13. The summed E-state index contributed by atoms with van der Waals surface area (Å²) in [5, 5.41) is 4.00. The Morgan fingerprint density at radius 1 is 1.24 bits per heavy atom. The molecule has 1 atom stereocenters. The maximum absolute atomic E-state index is 6.36. The zero-order valence-electron chi connectivity index (χ0n) is 12.4. The first-order valence-electron chi connectivity index (χ1n) is 6.70. The van der Waals surface area contributed by atoms with Crippen LogP contribution < -0.4 is 14.8 Å². The van der Waals surface area contributed by atoms with Gasteiger partial charge in [-0.05, 0) is 30.2 Å². The average molecular weight is 307 g/mol. The predicted molar refractivity (Wildman–Crippen MR) is 84.0 cm³/mol. The third-order valence-electron chi connectivity index (χ3n) is 3.35. The summed E-state index contributed by atoms with van der Waals surface area (Å²) in [6.45, 7) is 2.72. The molecule has 4 nitrogen and oxygen atoms in total. The first-order valence-corrected chi connectivity index (χ1v) is 7.07. The van der Waals surface area contributed by atoms with Crippen LogP contribution in [-0.4, -0.2) is 19.2 Å². The van der Waals surface area contributed by atoms with Crippen molar-refractivity contribution in [2.24, 2.45) is 0 Å². The van der Waals surface area contributed by atoms with Crippen LogP contribution in [0.4, 0.5) is 0 Å². The van der Waals surface area contributed by atoms with E-state index in [1.165, 1.54) is 0 Å². The summed E-state index contributed by atoms with van der Waals surface area (Å²) < 4.78 is 10.5. The lowest BCUT2D eigenvalue weighted by molar-refractivity contribution is 0.354. The summed E-state index contributed by atoms with van der Waals surface area (Å²) in [6.07, 6.45) is 3.62. The van der Waals surface area contributed by atoms with Crippen LogP contribution in [0.25, 0.3) is 0 Å². The molecule has 21 heavy (non-hydrogen) atoms. The number of benzene rings is 1. The van der Waals surface area contributed by atoms with Gasteiger partial charge >= 0.3 is 0 Å². The number of pyridine rings is 1. The summed E-state index contributed by atoms with van der Waals surface area (Å²) in [5.74, 6) is 1.19. The number of nitrogens with zero attached hydrogens (tertiary/aromatic N) is 1. The second-order valence-electron chi connectivity index (χ2n) is 4.66. The van der Waals surface area contributed by atoms with Gasteiger partial charge in [0.05, 0.1) is 19.2 Å². The molecule has 0 fully saturated rings. The Morgan fingerprint density at radius 3 is 2.67 bits per heavy atom. The molecule has 0 aliphatic heterocycles. The minimum atomic E-state index is 0.183. The van der Waals surface area contributed by atoms with E-state index in [0.29, 0.717) is 23.1 Å². The summed E-state index contributed by atoms with van der Waals surface area (Å²) in [5.41, 5.74) is 2.10. The SMILES string of the molecule is COc1ccc(CN[C@@H](C)c2cccnc2)c(Cl)c1OC. The van der Waals surface area contributed by atoms with Gasteiger partial charge in [-0.15, -0.1) is 0 Å². The van der Waals surface area contributed by atoms with Crippen LogP contribution in [-0.2, 0) is 6.54 Å². The van der Waals surface area contributed by atoms with Gasteiger partial charge in [0, 0.05) is 25.0 Å². The molecular formula is C16H19ClN2O2. The largest absolute Gasteiger partial charge is 0.493 e. The van der Waals surface area contributed by atoms with E-state index in [2.05, 4.69) is 17.2 Å². The minimum Gasteiger partial charge on any atom is -0.493 e. The number of ether oxygens (including phenoxy) is 2. The highest BCUT2D eigenvalue weighted by molar-refractivity contribution is 6.33. The molecule has 0 saturated carbocycles. The summed E-state index contributed by atoms with van der Waals surface area (Å²) in [7, 11) is 3.18. The second-order valence-corrected chi connectivity index (χ2v) is 5.04. The van der Waals surface area contributed by atoms with Crippen LogP contribution in [0.15, 0.2) is 36.7 Å². The molecule has 0 bridgehead atoms. The van der Waals surface area contributed by atoms with Gasteiger partial charge < -0.3 is 14.8 Å². The van der Waals surface area contributed by atoms with Crippen LogP contribution in [0.1, 0.15) is 24.1 Å². The summed E-state index contributed by atoms with van der Waals surface area (Å²) >= 11 is 6.36. The fourth-order valence-corrected chi connectivity index (χ4v) is 2.38. The highest BCUT2D eigenvalue weighted by Crippen LogP contribution is 2.37. The Bertz CT molecular complexity index is 590. The molecule has 1 aromatic heterocycles. The lowest BCUT2D eigenvalue weighted by Gasteiger charge is -2.16. The predicted octanol–water partition coefficient (Wildman–Crippen LogP) is 3.60. The van der Waals surface area contributed by atoms with E-state index in [-0.39, 0.29) is 6.04 Å². The average Bonchev–Trinajstić information content (AvgIpc) is 2.53. The molecule has 0 radical (unpaired) electrons. The monoisotopic (exact) mass is 306 g/mol. The Kier molecular flexibility index (Phi) is 5.42. The zero-order chi connectivity index (χ0) is 15.2. The van der Waals surface area contributed by atoms with Gasteiger partial charge in [-0.2, -0.15) is 0 Å². The molecule has 0 spiro atoms. The maximum Gasteiger partial charge on any atom is 0.179 e. The molecule has 0 aliphatic carbocycles. The normalized spacial score (nSPS) is 12.0. The van der Waals surface area contributed by atoms with Crippen molar-refractivity contribution >= 4 is 11.6 Å². The number of methoxy groups -OCH3 is 2. The van der Waals surface area contributed by atoms with Crippen LogP contribution in [0.2, 0.25) is 5.02 Å². The van der Waals surface area contributed by atoms with Gasteiger partial charge in [0.2, 0.25) is 0 Å². The van der Waals surface area contributed by atoms with Crippen LogP contribution in [0.3, 0.4) is 0 Å². The first kappa shape index (κ1) is 15.6. The summed E-state index contributed by atoms with van der Waals surface area (Å²) in [6, 6.07) is 7.95. The van der Waals surface area contributed by atoms with Crippen LogP contribution in [0, 0.1) is 0 Å². The van der Waals surface area contributed by atoms with Gasteiger partial charge in [-0.3, -0.25) is 4.98 Å². The second kappa shape index (κ2) is 7.29. The number of rotatable bonds is 6. The number of hydrogen-bond donors (Lipinski definition) is 1. The smallest absolute Gasteiger partial charge is 0.179 e. The van der Waals surface area contributed by atoms with E-state index in [4.69, 9.17) is 21.1 Å². The van der Waals surface area contributed by atoms with Crippen LogP contribution in [0.5, 0.6) is 11.5 Å². The van der Waals surface area contributed by atoms with Gasteiger partial charge in [-0.1, -0.05) is 23.7 Å².